The summed E-state index contributed by atoms with van der Waals surface area (Å²) in [6.07, 6.45) is 0. The molecule has 1 spiro atoms. The fraction of sp³-hybridized carbons (Fsp3) is 0.0189. The van der Waals surface area contributed by atoms with Gasteiger partial charge >= 0.3 is 0 Å². The molecule has 54 heavy (non-hydrogen) atoms. The molecular formula is C53H33N. The van der Waals surface area contributed by atoms with E-state index in [1.54, 1.807) is 0 Å². The molecule has 0 saturated heterocycles. The zero-order valence-electron chi connectivity index (χ0n) is 29.5. The summed E-state index contributed by atoms with van der Waals surface area (Å²) >= 11 is 0. The summed E-state index contributed by atoms with van der Waals surface area (Å²) in [6.45, 7) is 0. The lowest BCUT2D eigenvalue weighted by Crippen LogP contribution is -2.26. The Kier molecular flexibility index (Phi) is 6.04. The van der Waals surface area contributed by atoms with Crippen LogP contribution in [-0.4, -0.2) is 0 Å². The molecule has 2 aliphatic carbocycles. The maximum atomic E-state index is 4.03. The topological polar surface area (TPSA) is 12.0 Å². The van der Waals surface area contributed by atoms with Crippen molar-refractivity contribution in [2.75, 3.05) is 5.32 Å². The molecule has 0 aliphatic heterocycles. The van der Waals surface area contributed by atoms with Gasteiger partial charge < -0.3 is 5.32 Å². The molecule has 1 heteroatoms. The molecule has 0 amide bonds. The predicted octanol–water partition coefficient (Wildman–Crippen LogP) is 14.1. The molecular weight excluding hydrogens is 651 g/mol. The molecule has 1 nitrogen and oxygen atoms in total. The van der Waals surface area contributed by atoms with Crippen LogP contribution in [0.3, 0.4) is 0 Å². The van der Waals surface area contributed by atoms with Gasteiger partial charge in [-0.15, -0.1) is 0 Å². The third-order valence-electron chi connectivity index (χ3n) is 12.2. The van der Waals surface area contributed by atoms with Crippen molar-refractivity contribution in [2.45, 2.75) is 5.41 Å². The lowest BCUT2D eigenvalue weighted by atomic mass is 9.70. The number of hydrogen-bond acceptors (Lipinski definition) is 1. The van der Waals surface area contributed by atoms with Crippen molar-refractivity contribution in [1.82, 2.24) is 0 Å². The highest BCUT2D eigenvalue weighted by molar-refractivity contribution is 6.25. The zero-order chi connectivity index (χ0) is 35.4. The van der Waals surface area contributed by atoms with Crippen molar-refractivity contribution >= 4 is 54.5 Å². The Bertz CT molecular complexity index is 3120. The molecule has 0 radical (unpaired) electrons. The predicted molar refractivity (Wildman–Crippen MR) is 228 cm³/mol. The van der Waals surface area contributed by atoms with Gasteiger partial charge in [0, 0.05) is 16.9 Å². The molecule has 10 aromatic carbocycles. The zero-order valence-corrected chi connectivity index (χ0v) is 29.5. The first kappa shape index (κ1) is 29.6. The van der Waals surface area contributed by atoms with Crippen molar-refractivity contribution in [2.24, 2.45) is 0 Å². The normalized spacial score (nSPS) is 13.3. The van der Waals surface area contributed by atoms with E-state index >= 15 is 0 Å². The van der Waals surface area contributed by atoms with E-state index in [9.17, 15) is 0 Å². The van der Waals surface area contributed by atoms with Crippen LogP contribution in [0.1, 0.15) is 22.3 Å². The Morgan fingerprint density at radius 1 is 0.296 bits per heavy atom. The molecule has 0 unspecified atom stereocenters. The number of hydrogen-bond donors (Lipinski definition) is 1. The number of anilines is 2. The van der Waals surface area contributed by atoms with E-state index in [0.29, 0.717) is 0 Å². The highest BCUT2D eigenvalue weighted by atomic mass is 14.9. The van der Waals surface area contributed by atoms with Crippen LogP contribution in [-0.2, 0) is 5.41 Å². The highest BCUT2D eigenvalue weighted by Crippen LogP contribution is 2.63. The lowest BCUT2D eigenvalue weighted by Gasteiger charge is -2.31. The number of fused-ring (bicyclic) bond motifs is 17. The minimum atomic E-state index is -0.421. The monoisotopic (exact) mass is 683 g/mol. The maximum Gasteiger partial charge on any atom is 0.0726 e. The smallest absolute Gasteiger partial charge is 0.0726 e. The van der Waals surface area contributed by atoms with E-state index < -0.39 is 5.41 Å². The molecule has 10 aromatic rings. The highest BCUT2D eigenvalue weighted by Gasteiger charge is 2.51. The summed E-state index contributed by atoms with van der Waals surface area (Å²) < 4.78 is 0. The number of nitrogens with one attached hydrogen (secondary N) is 1. The molecule has 12 rings (SSSR count). The third kappa shape index (κ3) is 3.93. The quantitative estimate of drug-likeness (QED) is 0.183. The molecule has 250 valence electrons. The fourth-order valence-electron chi connectivity index (χ4n) is 9.98. The molecule has 0 bridgehead atoms. The third-order valence-corrected chi connectivity index (χ3v) is 12.2. The van der Waals surface area contributed by atoms with Gasteiger partial charge in [0.1, 0.15) is 0 Å². The molecule has 0 fully saturated rings. The minimum Gasteiger partial charge on any atom is -0.355 e. The van der Waals surface area contributed by atoms with E-state index in [2.05, 4.69) is 199 Å². The van der Waals surface area contributed by atoms with Gasteiger partial charge in [0.05, 0.1) is 5.41 Å². The summed E-state index contributed by atoms with van der Waals surface area (Å²) in [5, 5.41) is 14.2. The van der Waals surface area contributed by atoms with Gasteiger partial charge in [-0.25, -0.2) is 0 Å². The average Bonchev–Trinajstić information content (AvgIpc) is 3.70. The van der Waals surface area contributed by atoms with Crippen LogP contribution < -0.4 is 5.32 Å². The standard InChI is InChI=1S/C53H33N/c1-2-14-34-29-35(26-25-33(34)13-1)45-31-47-44-21-9-12-24-50(44)53(48-22-10-7-19-42(48)43-20-8-11-23-49(43)53)51(47)32-52(45)54-36-27-28-41-39-17-4-3-15-37(39)38-16-5-6-18-40(38)46(41)30-36/h1-32,54H. The van der Waals surface area contributed by atoms with Gasteiger partial charge in [0.25, 0.3) is 0 Å². The van der Waals surface area contributed by atoms with Crippen LogP contribution in [0, 0.1) is 0 Å². The molecule has 2 aliphatic rings. The molecule has 0 saturated carbocycles. The summed E-state index contributed by atoms with van der Waals surface area (Å²) in [5.41, 5.74) is 14.7. The van der Waals surface area contributed by atoms with Gasteiger partial charge in [0.15, 0.2) is 0 Å². The van der Waals surface area contributed by atoms with Crippen molar-refractivity contribution in [3.05, 3.63) is 216 Å². The Hall–Kier alpha value is -6.96. The Balaban J connectivity index is 1.14. The van der Waals surface area contributed by atoms with Crippen molar-refractivity contribution in [3.63, 3.8) is 0 Å². The van der Waals surface area contributed by atoms with Crippen LogP contribution in [0.15, 0.2) is 194 Å². The second-order valence-corrected chi connectivity index (χ2v) is 14.9. The minimum absolute atomic E-state index is 0.421. The maximum absolute atomic E-state index is 4.03. The van der Waals surface area contributed by atoms with Crippen molar-refractivity contribution in [3.8, 4) is 33.4 Å². The van der Waals surface area contributed by atoms with Gasteiger partial charge in [-0.2, -0.15) is 0 Å². The van der Waals surface area contributed by atoms with E-state index in [1.807, 2.05) is 0 Å². The second-order valence-electron chi connectivity index (χ2n) is 14.9. The molecule has 0 atom stereocenters. The number of benzene rings is 10. The van der Waals surface area contributed by atoms with E-state index in [1.165, 1.54) is 98.7 Å². The number of rotatable bonds is 3. The van der Waals surface area contributed by atoms with Crippen molar-refractivity contribution in [1.29, 1.82) is 0 Å². The van der Waals surface area contributed by atoms with Gasteiger partial charge in [-0.3, -0.25) is 0 Å². The van der Waals surface area contributed by atoms with Crippen LogP contribution in [0.25, 0.3) is 76.5 Å². The fourth-order valence-corrected chi connectivity index (χ4v) is 9.98. The van der Waals surface area contributed by atoms with E-state index in [4.69, 9.17) is 0 Å². The Morgan fingerprint density at radius 2 is 0.796 bits per heavy atom. The molecule has 1 N–H and O–H groups in total. The SMILES string of the molecule is c1ccc2c(c1)-c1ccccc1C21c2ccccc2-c2cc(-c3ccc4ccccc4c3)c(Nc3ccc4c5ccccc5c5ccccc5c4c3)cc21. The second kappa shape index (κ2) is 11.0. The first-order valence-electron chi connectivity index (χ1n) is 18.8. The summed E-state index contributed by atoms with van der Waals surface area (Å²) in [4.78, 5) is 0. The molecule has 0 heterocycles. The Morgan fingerprint density at radius 3 is 1.43 bits per heavy atom. The van der Waals surface area contributed by atoms with Crippen LogP contribution in [0.2, 0.25) is 0 Å². The molecule has 0 aromatic heterocycles. The van der Waals surface area contributed by atoms with Crippen LogP contribution in [0.4, 0.5) is 11.4 Å². The summed E-state index contributed by atoms with van der Waals surface area (Å²) in [7, 11) is 0. The van der Waals surface area contributed by atoms with E-state index in [-0.39, 0.29) is 0 Å². The Labute approximate surface area is 313 Å². The summed E-state index contributed by atoms with van der Waals surface area (Å²) in [5.74, 6) is 0. The lowest BCUT2D eigenvalue weighted by molar-refractivity contribution is 0.794. The van der Waals surface area contributed by atoms with Crippen molar-refractivity contribution < 1.29 is 0 Å². The van der Waals surface area contributed by atoms with Gasteiger partial charge in [-0.1, -0.05) is 164 Å². The average molecular weight is 684 g/mol. The van der Waals surface area contributed by atoms with Gasteiger partial charge in [0.2, 0.25) is 0 Å². The largest absolute Gasteiger partial charge is 0.355 e. The summed E-state index contributed by atoms with van der Waals surface area (Å²) in [6, 6.07) is 72.2. The van der Waals surface area contributed by atoms with Crippen LogP contribution in [0.5, 0.6) is 0 Å². The first-order chi connectivity index (χ1) is 26.8. The van der Waals surface area contributed by atoms with Crippen LogP contribution >= 0.6 is 0 Å². The van der Waals surface area contributed by atoms with E-state index in [0.717, 1.165) is 11.4 Å². The van der Waals surface area contributed by atoms with Gasteiger partial charge in [-0.05, 0) is 123 Å². The first-order valence-corrected chi connectivity index (χ1v) is 18.8.